The van der Waals surface area contributed by atoms with E-state index in [1.165, 1.54) is 32.1 Å². The van der Waals surface area contributed by atoms with E-state index in [9.17, 15) is 8.42 Å². The molecule has 4 nitrogen and oxygen atoms in total. The van der Waals surface area contributed by atoms with E-state index in [2.05, 4.69) is 17.1 Å². The summed E-state index contributed by atoms with van der Waals surface area (Å²) in [5.74, 6) is 0.710. The van der Waals surface area contributed by atoms with Gasteiger partial charge in [0.25, 0.3) is 0 Å². The van der Waals surface area contributed by atoms with Gasteiger partial charge >= 0.3 is 0 Å². The third-order valence-electron chi connectivity index (χ3n) is 3.44. The molecule has 1 aliphatic rings. The van der Waals surface area contributed by atoms with Crippen LogP contribution in [0.5, 0.6) is 0 Å². The fraction of sp³-hybridized carbons (Fsp3) is 1.00. The van der Waals surface area contributed by atoms with Crippen molar-refractivity contribution in [2.24, 2.45) is 0 Å². The molecule has 18 heavy (non-hydrogen) atoms. The summed E-state index contributed by atoms with van der Waals surface area (Å²) in [4.78, 5) is 2.29. The molecule has 108 valence electrons. The van der Waals surface area contributed by atoms with Gasteiger partial charge in [0, 0.05) is 13.1 Å². The third kappa shape index (κ3) is 7.34. The van der Waals surface area contributed by atoms with Crippen LogP contribution in [0.4, 0.5) is 0 Å². The van der Waals surface area contributed by atoms with Crippen LogP contribution in [-0.4, -0.2) is 57.5 Å². The van der Waals surface area contributed by atoms with Gasteiger partial charge in [0.15, 0.2) is 9.84 Å². The number of unbranched alkanes of at least 4 members (excludes halogenated alkanes) is 3. The number of sulfone groups is 1. The molecule has 0 amide bonds. The SMILES string of the molecule is CCCNCCCCCCN1CCS(=O)(=O)CC1. The first-order chi connectivity index (χ1) is 8.64. The highest BCUT2D eigenvalue weighted by Gasteiger charge is 2.20. The quantitative estimate of drug-likeness (QED) is 0.645. The van der Waals surface area contributed by atoms with Crippen LogP contribution >= 0.6 is 0 Å². The lowest BCUT2D eigenvalue weighted by Crippen LogP contribution is -2.40. The number of hydrogen-bond acceptors (Lipinski definition) is 4. The largest absolute Gasteiger partial charge is 0.317 e. The first-order valence-electron chi connectivity index (χ1n) is 7.27. The van der Waals surface area contributed by atoms with Gasteiger partial charge in [0.05, 0.1) is 11.5 Å². The lowest BCUT2D eigenvalue weighted by molar-refractivity contribution is 0.287. The van der Waals surface area contributed by atoms with Gasteiger partial charge in [-0.3, -0.25) is 0 Å². The predicted octanol–water partition coefficient (Wildman–Crippen LogP) is 1.28. The molecule has 1 N–H and O–H groups in total. The van der Waals surface area contributed by atoms with E-state index in [-0.39, 0.29) is 0 Å². The minimum absolute atomic E-state index is 0.355. The Bertz CT molecular complexity index is 290. The molecule has 0 unspecified atom stereocenters. The molecule has 0 aromatic carbocycles. The summed E-state index contributed by atoms with van der Waals surface area (Å²) in [6, 6.07) is 0. The van der Waals surface area contributed by atoms with Gasteiger partial charge in [-0.05, 0) is 38.9 Å². The summed E-state index contributed by atoms with van der Waals surface area (Å²) in [6.45, 7) is 6.99. The molecule has 5 heteroatoms. The first kappa shape index (κ1) is 15.9. The second kappa shape index (κ2) is 8.88. The van der Waals surface area contributed by atoms with Crippen molar-refractivity contribution < 1.29 is 8.42 Å². The number of nitrogens with zero attached hydrogens (tertiary/aromatic N) is 1. The van der Waals surface area contributed by atoms with Gasteiger partial charge in [-0.15, -0.1) is 0 Å². The fourth-order valence-corrected chi connectivity index (χ4v) is 3.49. The Balaban J connectivity index is 1.90. The van der Waals surface area contributed by atoms with Gasteiger partial charge in [0.2, 0.25) is 0 Å². The standard InChI is InChI=1S/C13H28N2O2S/c1-2-7-14-8-5-3-4-6-9-15-10-12-18(16,17)13-11-15/h14H,2-13H2,1H3. The average Bonchev–Trinajstić information content (AvgIpc) is 2.34. The lowest BCUT2D eigenvalue weighted by Gasteiger charge is -2.26. The monoisotopic (exact) mass is 276 g/mol. The van der Waals surface area contributed by atoms with Crippen LogP contribution in [-0.2, 0) is 9.84 Å². The zero-order valence-electron chi connectivity index (χ0n) is 11.7. The molecule has 0 bridgehead atoms. The van der Waals surface area contributed by atoms with Crippen molar-refractivity contribution >= 4 is 9.84 Å². The predicted molar refractivity (Wildman–Crippen MR) is 76.7 cm³/mol. The van der Waals surface area contributed by atoms with Crippen molar-refractivity contribution in [1.82, 2.24) is 10.2 Å². The Labute approximate surface area is 112 Å². The Kier molecular flexibility index (Phi) is 7.86. The van der Waals surface area contributed by atoms with Crippen LogP contribution in [0, 0.1) is 0 Å². The summed E-state index contributed by atoms with van der Waals surface area (Å²) in [7, 11) is -2.71. The van der Waals surface area contributed by atoms with Crippen LogP contribution < -0.4 is 5.32 Å². The number of nitrogens with one attached hydrogen (secondary N) is 1. The van der Waals surface area contributed by atoms with E-state index < -0.39 is 9.84 Å². The second-order valence-corrected chi connectivity index (χ2v) is 7.46. The molecular formula is C13H28N2O2S. The molecule has 1 aliphatic heterocycles. The van der Waals surface area contributed by atoms with E-state index in [0.29, 0.717) is 11.5 Å². The van der Waals surface area contributed by atoms with Crippen LogP contribution in [0.25, 0.3) is 0 Å². The number of rotatable bonds is 9. The summed E-state index contributed by atoms with van der Waals surface area (Å²) in [5, 5.41) is 3.41. The topological polar surface area (TPSA) is 49.4 Å². The normalized spacial score (nSPS) is 20.1. The molecule has 1 fully saturated rings. The van der Waals surface area contributed by atoms with Gasteiger partial charge in [-0.2, -0.15) is 0 Å². The van der Waals surface area contributed by atoms with Gasteiger partial charge in [-0.1, -0.05) is 19.8 Å². The van der Waals surface area contributed by atoms with Crippen molar-refractivity contribution in [2.45, 2.75) is 39.0 Å². The Morgan fingerprint density at radius 3 is 2.33 bits per heavy atom. The highest BCUT2D eigenvalue weighted by Crippen LogP contribution is 2.06. The second-order valence-electron chi connectivity index (χ2n) is 5.16. The zero-order chi connectivity index (χ0) is 13.3. The van der Waals surface area contributed by atoms with Crippen molar-refractivity contribution in [3.63, 3.8) is 0 Å². The maximum atomic E-state index is 11.3. The fourth-order valence-electron chi connectivity index (χ4n) is 2.21. The summed E-state index contributed by atoms with van der Waals surface area (Å²) < 4.78 is 22.5. The molecule has 0 atom stereocenters. The Morgan fingerprint density at radius 1 is 1.00 bits per heavy atom. The molecule has 0 radical (unpaired) electrons. The molecule has 0 aliphatic carbocycles. The third-order valence-corrected chi connectivity index (χ3v) is 5.05. The maximum Gasteiger partial charge on any atom is 0.152 e. The van der Waals surface area contributed by atoms with E-state index in [0.717, 1.165) is 32.7 Å². The highest BCUT2D eigenvalue weighted by atomic mass is 32.2. The molecule has 1 saturated heterocycles. The maximum absolute atomic E-state index is 11.3. The lowest BCUT2D eigenvalue weighted by atomic mass is 10.2. The summed E-state index contributed by atoms with van der Waals surface area (Å²) in [5.41, 5.74) is 0. The summed E-state index contributed by atoms with van der Waals surface area (Å²) >= 11 is 0. The van der Waals surface area contributed by atoms with E-state index >= 15 is 0 Å². The smallest absolute Gasteiger partial charge is 0.152 e. The van der Waals surface area contributed by atoms with E-state index in [1.54, 1.807) is 0 Å². The number of hydrogen-bond donors (Lipinski definition) is 1. The van der Waals surface area contributed by atoms with E-state index in [4.69, 9.17) is 0 Å². The molecule has 0 aromatic rings. The van der Waals surface area contributed by atoms with E-state index in [1.807, 2.05) is 0 Å². The van der Waals surface area contributed by atoms with Crippen molar-refractivity contribution in [2.75, 3.05) is 44.2 Å². The molecule has 0 aromatic heterocycles. The van der Waals surface area contributed by atoms with Crippen LogP contribution in [0.3, 0.4) is 0 Å². The molecule has 0 spiro atoms. The molecule has 1 rings (SSSR count). The first-order valence-corrected chi connectivity index (χ1v) is 9.09. The molecule has 1 heterocycles. The van der Waals surface area contributed by atoms with Crippen LogP contribution in [0.15, 0.2) is 0 Å². The van der Waals surface area contributed by atoms with Crippen LogP contribution in [0.2, 0.25) is 0 Å². The minimum Gasteiger partial charge on any atom is -0.317 e. The average molecular weight is 276 g/mol. The van der Waals surface area contributed by atoms with Gasteiger partial charge in [-0.25, -0.2) is 8.42 Å². The molecular weight excluding hydrogens is 248 g/mol. The van der Waals surface area contributed by atoms with Gasteiger partial charge < -0.3 is 10.2 Å². The highest BCUT2D eigenvalue weighted by molar-refractivity contribution is 7.91. The Hall–Kier alpha value is -0.130. The summed E-state index contributed by atoms with van der Waals surface area (Å²) in [6.07, 6.45) is 6.21. The zero-order valence-corrected chi connectivity index (χ0v) is 12.5. The van der Waals surface area contributed by atoms with Crippen molar-refractivity contribution in [3.8, 4) is 0 Å². The van der Waals surface area contributed by atoms with Crippen LogP contribution in [0.1, 0.15) is 39.0 Å². The Morgan fingerprint density at radius 2 is 1.67 bits per heavy atom. The molecule has 0 saturated carbocycles. The van der Waals surface area contributed by atoms with Gasteiger partial charge in [0.1, 0.15) is 0 Å². The minimum atomic E-state index is -2.71. The van der Waals surface area contributed by atoms with Crippen molar-refractivity contribution in [3.05, 3.63) is 0 Å². The van der Waals surface area contributed by atoms with Crippen molar-refractivity contribution in [1.29, 1.82) is 0 Å².